The Labute approximate surface area is 113 Å². The van der Waals surface area contributed by atoms with Crippen molar-refractivity contribution < 1.29 is 14.4 Å². The van der Waals surface area contributed by atoms with Gasteiger partial charge in [-0.05, 0) is 32.1 Å². The second-order valence-corrected chi connectivity index (χ2v) is 5.14. The summed E-state index contributed by atoms with van der Waals surface area (Å²) in [6, 6.07) is -0.505. The van der Waals surface area contributed by atoms with Crippen LogP contribution in [-0.2, 0) is 14.4 Å². The molecular formula is C14H20N2O3. The minimum Gasteiger partial charge on any atom is -0.321 e. The summed E-state index contributed by atoms with van der Waals surface area (Å²) in [4.78, 5) is 36.8. The van der Waals surface area contributed by atoms with E-state index in [-0.39, 0.29) is 24.3 Å². The van der Waals surface area contributed by atoms with Crippen LogP contribution < -0.4 is 5.32 Å². The van der Waals surface area contributed by atoms with Gasteiger partial charge in [-0.15, -0.1) is 0 Å². The second-order valence-electron chi connectivity index (χ2n) is 5.14. The maximum Gasteiger partial charge on any atom is 0.249 e. The highest BCUT2D eigenvalue weighted by Gasteiger charge is 2.35. The lowest BCUT2D eigenvalue weighted by atomic mass is 9.96. The first-order valence-corrected chi connectivity index (χ1v) is 6.93. The number of nitrogens with one attached hydrogen (secondary N) is 1. The number of hydrogen-bond acceptors (Lipinski definition) is 3. The summed E-state index contributed by atoms with van der Waals surface area (Å²) in [5.74, 6) is -0.853. The van der Waals surface area contributed by atoms with Crippen LogP contribution in [0.4, 0.5) is 0 Å². The molecule has 3 amide bonds. The molecule has 0 radical (unpaired) electrons. The SMILES string of the molecule is CCC1C(=O)NC(=O)CN1C(=O)CC1=CCCCC1. The Morgan fingerprint density at radius 2 is 2.21 bits per heavy atom. The summed E-state index contributed by atoms with van der Waals surface area (Å²) in [6.07, 6.45) is 7.28. The average Bonchev–Trinajstić information content (AvgIpc) is 2.39. The Morgan fingerprint density at radius 1 is 1.42 bits per heavy atom. The van der Waals surface area contributed by atoms with Crippen molar-refractivity contribution in [3.8, 4) is 0 Å². The van der Waals surface area contributed by atoms with Gasteiger partial charge in [0.2, 0.25) is 17.7 Å². The maximum absolute atomic E-state index is 12.3. The highest BCUT2D eigenvalue weighted by atomic mass is 16.2. The van der Waals surface area contributed by atoms with E-state index in [2.05, 4.69) is 11.4 Å². The second kappa shape index (κ2) is 5.99. The van der Waals surface area contributed by atoms with Crippen molar-refractivity contribution in [1.82, 2.24) is 10.2 Å². The Morgan fingerprint density at radius 3 is 2.84 bits per heavy atom. The molecule has 0 aromatic heterocycles. The van der Waals surface area contributed by atoms with E-state index in [9.17, 15) is 14.4 Å². The maximum atomic E-state index is 12.3. The quantitative estimate of drug-likeness (QED) is 0.614. The molecule has 0 saturated carbocycles. The number of carbonyl (C=O) groups excluding carboxylic acids is 3. The molecule has 0 aromatic rings. The van der Waals surface area contributed by atoms with Crippen molar-refractivity contribution in [3.63, 3.8) is 0 Å². The molecule has 1 fully saturated rings. The third-order valence-electron chi connectivity index (χ3n) is 3.73. The van der Waals surface area contributed by atoms with Crippen molar-refractivity contribution in [3.05, 3.63) is 11.6 Å². The molecular weight excluding hydrogens is 244 g/mol. The van der Waals surface area contributed by atoms with Crippen LogP contribution in [0.5, 0.6) is 0 Å². The molecule has 1 heterocycles. The van der Waals surface area contributed by atoms with Crippen LogP contribution in [0.2, 0.25) is 0 Å². The van der Waals surface area contributed by atoms with E-state index in [1.165, 1.54) is 11.3 Å². The van der Waals surface area contributed by atoms with Crippen LogP contribution in [0.25, 0.3) is 0 Å². The van der Waals surface area contributed by atoms with E-state index in [0.717, 1.165) is 24.8 Å². The van der Waals surface area contributed by atoms with Gasteiger partial charge in [-0.2, -0.15) is 0 Å². The van der Waals surface area contributed by atoms with E-state index < -0.39 is 6.04 Å². The molecule has 1 saturated heterocycles. The number of carbonyl (C=O) groups is 3. The van der Waals surface area contributed by atoms with Gasteiger partial charge < -0.3 is 4.90 Å². The molecule has 2 rings (SSSR count). The monoisotopic (exact) mass is 264 g/mol. The Bertz CT molecular complexity index is 428. The molecule has 0 spiro atoms. The Kier molecular flexibility index (Phi) is 4.35. The fourth-order valence-corrected chi connectivity index (χ4v) is 2.70. The largest absolute Gasteiger partial charge is 0.321 e. The highest BCUT2D eigenvalue weighted by Crippen LogP contribution is 2.22. The molecule has 1 aliphatic heterocycles. The summed E-state index contributed by atoms with van der Waals surface area (Å²) < 4.78 is 0. The van der Waals surface area contributed by atoms with E-state index in [0.29, 0.717) is 12.8 Å². The number of nitrogens with zero attached hydrogens (tertiary/aromatic N) is 1. The normalized spacial score (nSPS) is 23.9. The van der Waals surface area contributed by atoms with Crippen LogP contribution in [0.1, 0.15) is 45.4 Å². The number of amides is 3. The van der Waals surface area contributed by atoms with Crippen molar-refractivity contribution in [1.29, 1.82) is 0 Å². The predicted octanol–water partition coefficient (Wildman–Crippen LogP) is 1.14. The lowest BCUT2D eigenvalue weighted by molar-refractivity contribution is -0.149. The molecule has 1 atom stereocenters. The van der Waals surface area contributed by atoms with Crippen molar-refractivity contribution in [2.45, 2.75) is 51.5 Å². The predicted molar refractivity (Wildman–Crippen MR) is 70.1 cm³/mol. The van der Waals surface area contributed by atoms with Gasteiger partial charge in [0.1, 0.15) is 12.6 Å². The summed E-state index contributed by atoms with van der Waals surface area (Å²) in [6.45, 7) is 1.84. The van der Waals surface area contributed by atoms with Gasteiger partial charge in [0, 0.05) is 6.42 Å². The first-order chi connectivity index (χ1) is 9.11. The third kappa shape index (κ3) is 3.22. The molecule has 5 nitrogen and oxygen atoms in total. The molecule has 2 aliphatic rings. The lowest BCUT2D eigenvalue weighted by Crippen LogP contribution is -2.59. The molecule has 1 aliphatic carbocycles. The van der Waals surface area contributed by atoms with Crippen LogP contribution in [0.15, 0.2) is 11.6 Å². The van der Waals surface area contributed by atoms with Gasteiger partial charge in [-0.3, -0.25) is 19.7 Å². The minimum atomic E-state index is -0.505. The van der Waals surface area contributed by atoms with Crippen molar-refractivity contribution >= 4 is 17.7 Å². The van der Waals surface area contributed by atoms with Gasteiger partial charge >= 0.3 is 0 Å². The van der Waals surface area contributed by atoms with E-state index in [1.807, 2.05) is 6.92 Å². The third-order valence-corrected chi connectivity index (χ3v) is 3.73. The highest BCUT2D eigenvalue weighted by molar-refractivity contribution is 6.04. The summed E-state index contributed by atoms with van der Waals surface area (Å²) in [7, 11) is 0. The van der Waals surface area contributed by atoms with E-state index in [1.54, 1.807) is 0 Å². The summed E-state index contributed by atoms with van der Waals surface area (Å²) >= 11 is 0. The zero-order valence-corrected chi connectivity index (χ0v) is 11.3. The molecule has 5 heteroatoms. The number of allylic oxidation sites excluding steroid dienone is 1. The average molecular weight is 264 g/mol. The standard InChI is InChI=1S/C14H20N2O3/c1-2-11-14(19)15-12(17)9-16(11)13(18)8-10-6-4-3-5-7-10/h6,11H,2-5,7-9H2,1H3,(H,15,17,19). The van der Waals surface area contributed by atoms with Crippen molar-refractivity contribution in [2.75, 3.05) is 6.54 Å². The first-order valence-electron chi connectivity index (χ1n) is 6.93. The van der Waals surface area contributed by atoms with Gasteiger partial charge in [-0.1, -0.05) is 18.6 Å². The van der Waals surface area contributed by atoms with Gasteiger partial charge in [0.25, 0.3) is 0 Å². The smallest absolute Gasteiger partial charge is 0.249 e. The molecule has 0 bridgehead atoms. The van der Waals surface area contributed by atoms with Gasteiger partial charge in [-0.25, -0.2) is 0 Å². The fraction of sp³-hybridized carbons (Fsp3) is 0.643. The van der Waals surface area contributed by atoms with Crippen molar-refractivity contribution in [2.24, 2.45) is 0 Å². The Hall–Kier alpha value is -1.65. The molecule has 1 unspecified atom stereocenters. The summed E-state index contributed by atoms with van der Waals surface area (Å²) in [5, 5.41) is 2.28. The zero-order valence-electron chi connectivity index (χ0n) is 11.3. The van der Waals surface area contributed by atoms with Gasteiger partial charge in [0.05, 0.1) is 0 Å². The number of imide groups is 1. The van der Waals surface area contributed by atoms with Crippen LogP contribution >= 0.6 is 0 Å². The fourth-order valence-electron chi connectivity index (χ4n) is 2.70. The molecule has 0 aromatic carbocycles. The Balaban J connectivity index is 2.05. The van der Waals surface area contributed by atoms with Crippen LogP contribution in [0, 0.1) is 0 Å². The lowest BCUT2D eigenvalue weighted by Gasteiger charge is -2.33. The van der Waals surface area contributed by atoms with Crippen LogP contribution in [-0.4, -0.2) is 35.2 Å². The molecule has 19 heavy (non-hydrogen) atoms. The summed E-state index contributed by atoms with van der Waals surface area (Å²) in [5.41, 5.74) is 1.14. The van der Waals surface area contributed by atoms with Crippen LogP contribution in [0.3, 0.4) is 0 Å². The number of rotatable bonds is 3. The number of hydrogen-bond donors (Lipinski definition) is 1. The topological polar surface area (TPSA) is 66.5 Å². The van der Waals surface area contributed by atoms with E-state index >= 15 is 0 Å². The zero-order chi connectivity index (χ0) is 13.8. The number of piperazine rings is 1. The van der Waals surface area contributed by atoms with E-state index in [4.69, 9.17) is 0 Å². The minimum absolute atomic E-state index is 0.00361. The molecule has 104 valence electrons. The molecule has 1 N–H and O–H groups in total. The first kappa shape index (κ1) is 13.8. The van der Waals surface area contributed by atoms with Gasteiger partial charge in [0.15, 0.2) is 0 Å².